The van der Waals surface area contributed by atoms with E-state index in [2.05, 4.69) is 43.6 Å². The van der Waals surface area contributed by atoms with Crippen LogP contribution < -0.4 is 15.0 Å². The average Bonchev–Trinajstić information content (AvgIpc) is 3.15. The molecule has 0 bridgehead atoms. The quantitative estimate of drug-likeness (QED) is 0.507. The summed E-state index contributed by atoms with van der Waals surface area (Å²) < 4.78 is 36.2. The van der Waals surface area contributed by atoms with Crippen LogP contribution in [0.2, 0.25) is 0 Å². The molecule has 1 aromatic carbocycles. The zero-order valence-corrected chi connectivity index (χ0v) is 19.1. The first-order valence-electron chi connectivity index (χ1n) is 10.6. The van der Waals surface area contributed by atoms with Gasteiger partial charge in [0.15, 0.2) is 5.16 Å². The molecular weight excluding hydrogens is 440 g/mol. The number of carbonyl (C=O) groups excluding carboxylic acids is 1. The molecule has 11 heteroatoms. The molecule has 1 aliphatic heterocycles. The summed E-state index contributed by atoms with van der Waals surface area (Å²) in [6.45, 7) is 5.54. The van der Waals surface area contributed by atoms with Crippen LogP contribution >= 0.6 is 11.8 Å². The van der Waals surface area contributed by atoms with E-state index in [-0.39, 0.29) is 17.4 Å². The molecular formula is C21H29F2N5O3S. The van der Waals surface area contributed by atoms with Crippen molar-refractivity contribution in [3.05, 3.63) is 29.8 Å². The first-order valence-corrected chi connectivity index (χ1v) is 11.6. The number of ether oxygens (including phenoxy) is 2. The normalized spacial score (nSPS) is 14.2. The van der Waals surface area contributed by atoms with Crippen LogP contribution in [-0.4, -0.2) is 65.9 Å². The van der Waals surface area contributed by atoms with Crippen LogP contribution in [0.25, 0.3) is 0 Å². The minimum absolute atomic E-state index is 0.0975. The summed E-state index contributed by atoms with van der Waals surface area (Å²) in [4.78, 5) is 14.5. The van der Waals surface area contributed by atoms with Crippen molar-refractivity contribution < 1.29 is 23.0 Å². The highest BCUT2D eigenvalue weighted by Gasteiger charge is 2.21. The minimum atomic E-state index is -2.84. The Morgan fingerprint density at radius 2 is 1.94 bits per heavy atom. The van der Waals surface area contributed by atoms with Gasteiger partial charge in [0.2, 0.25) is 11.9 Å². The van der Waals surface area contributed by atoms with E-state index in [4.69, 9.17) is 4.74 Å². The number of hydrogen-bond acceptors (Lipinski definition) is 7. The Morgan fingerprint density at radius 1 is 1.22 bits per heavy atom. The molecule has 1 fully saturated rings. The van der Waals surface area contributed by atoms with Gasteiger partial charge in [-0.3, -0.25) is 9.36 Å². The van der Waals surface area contributed by atoms with Gasteiger partial charge in [0.1, 0.15) is 5.75 Å². The Hall–Kier alpha value is -2.40. The molecule has 0 spiro atoms. The largest absolute Gasteiger partial charge is 0.435 e. The van der Waals surface area contributed by atoms with Crippen LogP contribution in [0.5, 0.6) is 5.75 Å². The highest BCUT2D eigenvalue weighted by Crippen LogP contribution is 2.24. The van der Waals surface area contributed by atoms with E-state index < -0.39 is 6.61 Å². The van der Waals surface area contributed by atoms with Crippen molar-refractivity contribution in [3.8, 4) is 5.75 Å². The summed E-state index contributed by atoms with van der Waals surface area (Å²) in [7, 11) is 0. The summed E-state index contributed by atoms with van der Waals surface area (Å²) in [6.07, 6.45) is 0.593. The van der Waals surface area contributed by atoms with Gasteiger partial charge in [0.25, 0.3) is 0 Å². The van der Waals surface area contributed by atoms with Crippen molar-refractivity contribution in [2.24, 2.45) is 5.92 Å². The van der Waals surface area contributed by atoms with Crippen molar-refractivity contribution in [1.82, 2.24) is 20.1 Å². The SMILES string of the molecule is CC(C)Cn1c(SCC(=O)NCCc2ccc(OC(F)F)cc2)nnc1N1CCOCC1. The molecule has 1 saturated heterocycles. The van der Waals surface area contributed by atoms with Crippen molar-refractivity contribution in [2.75, 3.05) is 43.5 Å². The van der Waals surface area contributed by atoms with E-state index >= 15 is 0 Å². The lowest BCUT2D eigenvalue weighted by Gasteiger charge is -2.28. The van der Waals surface area contributed by atoms with E-state index in [1.165, 1.54) is 23.9 Å². The minimum Gasteiger partial charge on any atom is -0.435 e. The number of anilines is 1. The zero-order valence-electron chi connectivity index (χ0n) is 18.3. The number of halogens is 2. The fourth-order valence-corrected chi connectivity index (χ4v) is 4.05. The second kappa shape index (κ2) is 12.0. The molecule has 0 saturated carbocycles. The predicted octanol–water partition coefficient (Wildman–Crippen LogP) is 2.82. The van der Waals surface area contributed by atoms with Crippen LogP contribution in [0.3, 0.4) is 0 Å². The Balaban J connectivity index is 1.48. The molecule has 0 unspecified atom stereocenters. The number of amides is 1. The molecule has 0 atom stereocenters. The molecule has 2 aromatic rings. The number of nitrogens with zero attached hydrogens (tertiary/aromatic N) is 4. The van der Waals surface area contributed by atoms with Crippen LogP contribution in [0.1, 0.15) is 19.4 Å². The van der Waals surface area contributed by atoms with Gasteiger partial charge in [-0.15, -0.1) is 10.2 Å². The van der Waals surface area contributed by atoms with E-state index in [0.717, 1.165) is 36.3 Å². The summed E-state index contributed by atoms with van der Waals surface area (Å²) in [5, 5.41) is 12.3. The summed E-state index contributed by atoms with van der Waals surface area (Å²) in [5.74, 6) is 1.49. The summed E-state index contributed by atoms with van der Waals surface area (Å²) >= 11 is 1.37. The van der Waals surface area contributed by atoms with Gasteiger partial charge >= 0.3 is 6.61 Å². The Kier molecular flexibility index (Phi) is 9.10. The monoisotopic (exact) mass is 469 g/mol. The number of thioether (sulfide) groups is 1. The van der Waals surface area contributed by atoms with Gasteiger partial charge in [0.05, 0.1) is 19.0 Å². The molecule has 0 aliphatic carbocycles. The average molecular weight is 470 g/mol. The van der Waals surface area contributed by atoms with Gasteiger partial charge in [-0.2, -0.15) is 8.78 Å². The van der Waals surface area contributed by atoms with Gasteiger partial charge in [-0.25, -0.2) is 0 Å². The lowest BCUT2D eigenvalue weighted by atomic mass is 10.1. The number of benzene rings is 1. The van der Waals surface area contributed by atoms with Crippen LogP contribution in [0.4, 0.5) is 14.7 Å². The molecule has 176 valence electrons. The number of nitrogens with one attached hydrogen (secondary N) is 1. The lowest BCUT2D eigenvalue weighted by molar-refractivity contribution is -0.118. The highest BCUT2D eigenvalue weighted by molar-refractivity contribution is 7.99. The third kappa shape index (κ3) is 7.33. The maximum atomic E-state index is 12.3. The highest BCUT2D eigenvalue weighted by atomic mass is 32.2. The molecule has 1 aromatic heterocycles. The number of rotatable bonds is 11. The number of alkyl halides is 2. The first-order chi connectivity index (χ1) is 15.4. The fraction of sp³-hybridized carbons (Fsp3) is 0.571. The van der Waals surface area contributed by atoms with Gasteiger partial charge < -0.3 is 19.7 Å². The summed E-state index contributed by atoms with van der Waals surface area (Å²) in [6, 6.07) is 6.40. The Bertz CT molecular complexity index is 858. The number of aromatic nitrogens is 3. The van der Waals surface area contributed by atoms with Gasteiger partial charge in [-0.05, 0) is 30.0 Å². The molecule has 3 rings (SSSR count). The molecule has 1 N–H and O–H groups in total. The third-order valence-corrected chi connectivity index (χ3v) is 5.72. The van der Waals surface area contributed by atoms with Crippen LogP contribution in [0, 0.1) is 5.92 Å². The predicted molar refractivity (Wildman–Crippen MR) is 118 cm³/mol. The van der Waals surface area contributed by atoms with Crippen molar-refractivity contribution >= 4 is 23.6 Å². The Morgan fingerprint density at radius 3 is 2.59 bits per heavy atom. The van der Waals surface area contributed by atoms with E-state index in [1.54, 1.807) is 12.1 Å². The maximum Gasteiger partial charge on any atom is 0.387 e. The fourth-order valence-electron chi connectivity index (χ4n) is 3.27. The number of hydrogen-bond donors (Lipinski definition) is 1. The van der Waals surface area contributed by atoms with E-state index in [0.29, 0.717) is 32.1 Å². The lowest BCUT2D eigenvalue weighted by Crippen LogP contribution is -2.38. The molecule has 32 heavy (non-hydrogen) atoms. The molecule has 2 heterocycles. The Labute approximate surface area is 190 Å². The molecule has 1 aliphatic rings. The van der Waals surface area contributed by atoms with Crippen molar-refractivity contribution in [3.63, 3.8) is 0 Å². The van der Waals surface area contributed by atoms with Gasteiger partial charge in [-0.1, -0.05) is 37.7 Å². The number of morpholine rings is 1. The molecule has 8 nitrogen and oxygen atoms in total. The second-order valence-electron chi connectivity index (χ2n) is 7.80. The second-order valence-corrected chi connectivity index (χ2v) is 8.74. The zero-order chi connectivity index (χ0) is 22.9. The third-order valence-electron chi connectivity index (χ3n) is 4.76. The van der Waals surface area contributed by atoms with Crippen molar-refractivity contribution in [1.29, 1.82) is 0 Å². The maximum absolute atomic E-state index is 12.3. The van der Waals surface area contributed by atoms with E-state index in [1.807, 2.05) is 0 Å². The molecule has 1 amide bonds. The van der Waals surface area contributed by atoms with Crippen molar-refractivity contribution in [2.45, 2.75) is 38.6 Å². The molecule has 0 radical (unpaired) electrons. The topological polar surface area (TPSA) is 81.5 Å². The smallest absolute Gasteiger partial charge is 0.387 e. The van der Waals surface area contributed by atoms with E-state index in [9.17, 15) is 13.6 Å². The first kappa shape index (κ1) is 24.2. The summed E-state index contributed by atoms with van der Waals surface area (Å²) in [5.41, 5.74) is 0.923. The van der Waals surface area contributed by atoms with Gasteiger partial charge in [0, 0.05) is 26.2 Å². The number of carbonyl (C=O) groups is 1. The standard InChI is InChI=1S/C21H29F2N5O3S/c1-15(2)13-28-20(27-9-11-30-12-10-27)25-26-21(28)32-14-18(29)24-8-7-16-3-5-17(6-4-16)31-19(22)23/h3-6,15,19H,7-14H2,1-2H3,(H,24,29). The van der Waals surface area contributed by atoms with Crippen LogP contribution in [-0.2, 0) is 22.5 Å². The van der Waals surface area contributed by atoms with Crippen LogP contribution in [0.15, 0.2) is 29.4 Å².